The third-order valence-corrected chi connectivity index (χ3v) is 6.16. The number of methoxy groups -OCH3 is 1. The van der Waals surface area contributed by atoms with Gasteiger partial charge >= 0.3 is 0 Å². The second kappa shape index (κ2) is 7.19. The quantitative estimate of drug-likeness (QED) is 0.628. The minimum absolute atomic E-state index is 0.382. The smallest absolute Gasteiger partial charge is 0.118 e. The Bertz CT molecular complexity index is 653. The molecule has 2 heteroatoms. The van der Waals surface area contributed by atoms with Crippen molar-refractivity contribution in [3.8, 4) is 5.75 Å². The molecule has 1 nitrogen and oxygen atoms in total. The summed E-state index contributed by atoms with van der Waals surface area (Å²) in [5.74, 6) is 1.96. The standard InChI is InChI=1S/C20H20OS/c1-21-18-14-12-17(13-15-18)16-22(19-8-4-2-5-9-19)20-10-6-3-7-11-20/h2-15,22H,16H2,1H3. The normalized spacial score (nSPS) is 11.0. The topological polar surface area (TPSA) is 9.23 Å². The van der Waals surface area contributed by atoms with E-state index in [2.05, 4.69) is 72.8 Å². The predicted molar refractivity (Wildman–Crippen MR) is 95.1 cm³/mol. The lowest BCUT2D eigenvalue weighted by Crippen LogP contribution is -1.92. The van der Waals surface area contributed by atoms with Crippen LogP contribution in [0.2, 0.25) is 0 Å². The van der Waals surface area contributed by atoms with Crippen LogP contribution in [0.5, 0.6) is 5.75 Å². The molecule has 0 heterocycles. The molecule has 3 aromatic carbocycles. The summed E-state index contributed by atoms with van der Waals surface area (Å²) >= 11 is 0. The Balaban J connectivity index is 1.91. The first-order valence-corrected chi connectivity index (χ1v) is 8.90. The fourth-order valence-corrected chi connectivity index (χ4v) is 4.76. The molecule has 112 valence electrons. The Morgan fingerprint density at radius 2 is 1.18 bits per heavy atom. The number of hydrogen-bond acceptors (Lipinski definition) is 1. The molecule has 3 aromatic rings. The lowest BCUT2D eigenvalue weighted by atomic mass is 10.2. The third-order valence-electron chi connectivity index (χ3n) is 3.64. The lowest BCUT2D eigenvalue weighted by Gasteiger charge is -2.23. The van der Waals surface area contributed by atoms with Crippen molar-refractivity contribution in [1.29, 1.82) is 0 Å². The Labute approximate surface area is 134 Å². The van der Waals surface area contributed by atoms with Crippen molar-refractivity contribution in [2.45, 2.75) is 15.5 Å². The van der Waals surface area contributed by atoms with Gasteiger partial charge in [-0.1, -0.05) is 48.5 Å². The maximum atomic E-state index is 5.25. The molecule has 0 unspecified atom stereocenters. The Hall–Kier alpha value is -2.19. The van der Waals surface area contributed by atoms with Crippen LogP contribution in [-0.2, 0) is 5.75 Å². The monoisotopic (exact) mass is 308 g/mol. The molecule has 0 aromatic heterocycles. The average molecular weight is 308 g/mol. The lowest BCUT2D eigenvalue weighted by molar-refractivity contribution is 0.414. The van der Waals surface area contributed by atoms with Gasteiger partial charge in [-0.25, -0.2) is 0 Å². The zero-order valence-corrected chi connectivity index (χ0v) is 13.5. The van der Waals surface area contributed by atoms with Gasteiger partial charge in [0.05, 0.1) is 7.11 Å². The number of benzene rings is 3. The van der Waals surface area contributed by atoms with Gasteiger partial charge in [-0.05, 0) is 51.8 Å². The predicted octanol–water partition coefficient (Wildman–Crippen LogP) is 5.31. The van der Waals surface area contributed by atoms with Crippen molar-refractivity contribution in [1.82, 2.24) is 0 Å². The Morgan fingerprint density at radius 3 is 1.64 bits per heavy atom. The Kier molecular flexibility index (Phi) is 4.81. The summed E-state index contributed by atoms with van der Waals surface area (Å²) in [6.45, 7) is 0. The zero-order valence-electron chi connectivity index (χ0n) is 12.6. The van der Waals surface area contributed by atoms with Gasteiger partial charge in [-0.3, -0.25) is 0 Å². The van der Waals surface area contributed by atoms with E-state index in [4.69, 9.17) is 4.74 Å². The SMILES string of the molecule is COc1ccc(C[SH](c2ccccc2)c2ccccc2)cc1. The molecule has 3 rings (SSSR count). The van der Waals surface area contributed by atoms with E-state index >= 15 is 0 Å². The van der Waals surface area contributed by atoms with Crippen molar-refractivity contribution >= 4 is 10.9 Å². The van der Waals surface area contributed by atoms with E-state index in [0.717, 1.165) is 11.5 Å². The van der Waals surface area contributed by atoms with Gasteiger partial charge in [0, 0.05) is 5.75 Å². The summed E-state index contributed by atoms with van der Waals surface area (Å²) in [5.41, 5.74) is 1.35. The number of rotatable bonds is 5. The first-order chi connectivity index (χ1) is 10.9. The summed E-state index contributed by atoms with van der Waals surface area (Å²) in [5, 5.41) is 0. The third kappa shape index (κ3) is 3.52. The summed E-state index contributed by atoms with van der Waals surface area (Å²) in [6, 6.07) is 30.0. The molecule has 0 amide bonds. The highest BCUT2D eigenvalue weighted by molar-refractivity contribution is 8.16. The molecule has 0 aliphatic carbocycles. The van der Waals surface area contributed by atoms with E-state index in [0.29, 0.717) is 0 Å². The molecule has 0 spiro atoms. The van der Waals surface area contributed by atoms with Crippen molar-refractivity contribution in [3.05, 3.63) is 90.5 Å². The maximum absolute atomic E-state index is 5.25. The molecule has 0 saturated carbocycles. The van der Waals surface area contributed by atoms with Crippen LogP contribution in [0.1, 0.15) is 5.56 Å². The van der Waals surface area contributed by atoms with E-state index in [-0.39, 0.29) is 10.9 Å². The molecule has 22 heavy (non-hydrogen) atoms. The van der Waals surface area contributed by atoms with Crippen LogP contribution in [0.15, 0.2) is 94.7 Å². The molecular weight excluding hydrogens is 288 g/mol. The highest BCUT2D eigenvalue weighted by atomic mass is 32.2. The second-order valence-corrected chi connectivity index (χ2v) is 7.31. The number of thiol groups is 1. The molecule has 0 bridgehead atoms. The van der Waals surface area contributed by atoms with Crippen LogP contribution in [0.25, 0.3) is 0 Å². The minimum atomic E-state index is -0.382. The van der Waals surface area contributed by atoms with E-state index < -0.39 is 0 Å². The largest absolute Gasteiger partial charge is 0.497 e. The van der Waals surface area contributed by atoms with Crippen LogP contribution in [0.3, 0.4) is 0 Å². The van der Waals surface area contributed by atoms with Crippen molar-refractivity contribution < 1.29 is 4.74 Å². The summed E-state index contributed by atoms with van der Waals surface area (Å²) < 4.78 is 5.25. The van der Waals surface area contributed by atoms with E-state index in [1.165, 1.54) is 15.4 Å². The van der Waals surface area contributed by atoms with E-state index in [1.807, 2.05) is 12.1 Å². The zero-order chi connectivity index (χ0) is 15.2. The second-order valence-electron chi connectivity index (χ2n) is 5.11. The maximum Gasteiger partial charge on any atom is 0.118 e. The molecule has 0 atom stereocenters. The van der Waals surface area contributed by atoms with Gasteiger partial charge in [-0.2, -0.15) is 10.9 Å². The first-order valence-electron chi connectivity index (χ1n) is 7.37. The number of hydrogen-bond donors (Lipinski definition) is 1. The summed E-state index contributed by atoms with van der Waals surface area (Å²) in [4.78, 5) is 2.83. The average Bonchev–Trinajstić information content (AvgIpc) is 2.62. The van der Waals surface area contributed by atoms with E-state index in [9.17, 15) is 0 Å². The van der Waals surface area contributed by atoms with Gasteiger partial charge < -0.3 is 4.74 Å². The van der Waals surface area contributed by atoms with Gasteiger partial charge in [-0.15, -0.1) is 0 Å². The molecule has 0 fully saturated rings. The Morgan fingerprint density at radius 1 is 0.682 bits per heavy atom. The molecular formula is C20H20OS. The molecule has 0 saturated heterocycles. The van der Waals surface area contributed by atoms with E-state index in [1.54, 1.807) is 7.11 Å². The first kappa shape index (κ1) is 14.7. The van der Waals surface area contributed by atoms with Gasteiger partial charge in [0.25, 0.3) is 0 Å². The van der Waals surface area contributed by atoms with Crippen molar-refractivity contribution in [2.24, 2.45) is 0 Å². The summed E-state index contributed by atoms with van der Waals surface area (Å²) in [7, 11) is 1.32. The van der Waals surface area contributed by atoms with Crippen LogP contribution in [0.4, 0.5) is 0 Å². The van der Waals surface area contributed by atoms with Gasteiger partial charge in [0.15, 0.2) is 0 Å². The van der Waals surface area contributed by atoms with Gasteiger partial charge in [0.2, 0.25) is 0 Å². The highest BCUT2D eigenvalue weighted by Crippen LogP contribution is 2.46. The minimum Gasteiger partial charge on any atom is -0.497 e. The van der Waals surface area contributed by atoms with Crippen LogP contribution in [-0.4, -0.2) is 7.11 Å². The number of ether oxygens (including phenoxy) is 1. The highest BCUT2D eigenvalue weighted by Gasteiger charge is 2.10. The fraction of sp³-hybridized carbons (Fsp3) is 0.100. The molecule has 0 N–H and O–H groups in total. The van der Waals surface area contributed by atoms with Crippen molar-refractivity contribution in [2.75, 3.05) is 7.11 Å². The fourth-order valence-electron chi connectivity index (χ4n) is 2.46. The molecule has 0 aliphatic heterocycles. The summed E-state index contributed by atoms with van der Waals surface area (Å²) in [6.07, 6.45) is 0. The van der Waals surface area contributed by atoms with Crippen LogP contribution >= 0.6 is 10.9 Å². The molecule has 0 radical (unpaired) electrons. The van der Waals surface area contributed by atoms with Crippen LogP contribution in [0, 0.1) is 0 Å². The molecule has 0 aliphatic rings. The van der Waals surface area contributed by atoms with Crippen molar-refractivity contribution in [3.63, 3.8) is 0 Å². The van der Waals surface area contributed by atoms with Crippen LogP contribution < -0.4 is 4.74 Å². The van der Waals surface area contributed by atoms with Gasteiger partial charge in [0.1, 0.15) is 5.75 Å².